The Labute approximate surface area is 100 Å². The fourth-order valence-corrected chi connectivity index (χ4v) is 1.60. The molecule has 0 fully saturated rings. The molecule has 2 aromatic heterocycles. The lowest BCUT2D eigenvalue weighted by Crippen LogP contribution is -2.10. The highest BCUT2D eigenvalue weighted by atomic mass is 15.1. The van der Waals surface area contributed by atoms with Gasteiger partial charge in [0.25, 0.3) is 0 Å². The standard InChI is InChI=1S/C12H15N5/c1-8-6-11(17-12(13)15-8)16-9(2)10-4-3-5-14-7-10/h3-7,9H,1-2H3,(H3,13,15,16,17). The highest BCUT2D eigenvalue weighted by Crippen LogP contribution is 2.17. The van der Waals surface area contributed by atoms with Gasteiger partial charge in [0.1, 0.15) is 5.82 Å². The van der Waals surface area contributed by atoms with Gasteiger partial charge in [-0.3, -0.25) is 4.98 Å². The molecule has 3 N–H and O–H groups in total. The van der Waals surface area contributed by atoms with Crippen LogP contribution >= 0.6 is 0 Å². The topological polar surface area (TPSA) is 76.7 Å². The highest BCUT2D eigenvalue weighted by molar-refractivity contribution is 5.42. The van der Waals surface area contributed by atoms with Crippen molar-refractivity contribution in [2.75, 3.05) is 11.1 Å². The van der Waals surface area contributed by atoms with E-state index < -0.39 is 0 Å². The molecule has 1 unspecified atom stereocenters. The van der Waals surface area contributed by atoms with E-state index in [9.17, 15) is 0 Å². The number of hydrogen-bond acceptors (Lipinski definition) is 5. The summed E-state index contributed by atoms with van der Waals surface area (Å²) in [5.41, 5.74) is 7.54. The van der Waals surface area contributed by atoms with E-state index in [1.54, 1.807) is 6.20 Å². The van der Waals surface area contributed by atoms with Crippen LogP contribution in [-0.4, -0.2) is 15.0 Å². The van der Waals surface area contributed by atoms with E-state index in [4.69, 9.17) is 5.73 Å². The van der Waals surface area contributed by atoms with Crippen molar-refractivity contribution in [1.29, 1.82) is 0 Å². The molecule has 0 aliphatic heterocycles. The van der Waals surface area contributed by atoms with Crippen LogP contribution in [0.25, 0.3) is 0 Å². The van der Waals surface area contributed by atoms with E-state index in [1.165, 1.54) is 0 Å². The van der Waals surface area contributed by atoms with Crippen LogP contribution in [0.2, 0.25) is 0 Å². The average Bonchev–Trinajstić information content (AvgIpc) is 2.28. The normalized spacial score (nSPS) is 12.1. The third kappa shape index (κ3) is 2.90. The molecule has 0 amide bonds. The van der Waals surface area contributed by atoms with Crippen LogP contribution in [0.15, 0.2) is 30.6 Å². The van der Waals surface area contributed by atoms with Crippen molar-refractivity contribution in [2.24, 2.45) is 0 Å². The SMILES string of the molecule is Cc1cc(NC(C)c2cccnc2)nc(N)n1. The molecule has 0 aliphatic carbocycles. The van der Waals surface area contributed by atoms with E-state index in [2.05, 4.69) is 20.3 Å². The van der Waals surface area contributed by atoms with Gasteiger partial charge in [0.05, 0.1) is 6.04 Å². The van der Waals surface area contributed by atoms with Crippen molar-refractivity contribution in [3.63, 3.8) is 0 Å². The van der Waals surface area contributed by atoms with Crippen molar-refractivity contribution < 1.29 is 0 Å². The molecule has 17 heavy (non-hydrogen) atoms. The summed E-state index contributed by atoms with van der Waals surface area (Å²) in [5.74, 6) is 1.01. The Morgan fingerprint density at radius 2 is 2.18 bits per heavy atom. The van der Waals surface area contributed by atoms with E-state index in [0.29, 0.717) is 0 Å². The fourth-order valence-electron chi connectivity index (χ4n) is 1.60. The predicted octanol–water partition coefficient (Wildman–Crippen LogP) is 1.94. The maximum Gasteiger partial charge on any atom is 0.222 e. The summed E-state index contributed by atoms with van der Waals surface area (Å²) < 4.78 is 0. The van der Waals surface area contributed by atoms with Crippen molar-refractivity contribution in [3.05, 3.63) is 41.9 Å². The molecule has 5 heteroatoms. The first-order valence-electron chi connectivity index (χ1n) is 5.43. The van der Waals surface area contributed by atoms with E-state index in [-0.39, 0.29) is 12.0 Å². The van der Waals surface area contributed by atoms with Gasteiger partial charge in [-0.15, -0.1) is 0 Å². The van der Waals surface area contributed by atoms with Crippen molar-refractivity contribution >= 4 is 11.8 Å². The number of nitrogens with one attached hydrogen (secondary N) is 1. The number of aryl methyl sites for hydroxylation is 1. The Morgan fingerprint density at radius 1 is 1.35 bits per heavy atom. The summed E-state index contributed by atoms with van der Waals surface area (Å²) in [6, 6.07) is 5.91. The summed E-state index contributed by atoms with van der Waals surface area (Å²) in [6.45, 7) is 3.93. The minimum absolute atomic E-state index is 0.123. The van der Waals surface area contributed by atoms with Gasteiger partial charge in [-0.1, -0.05) is 6.07 Å². The molecule has 0 bridgehead atoms. The number of nitrogens with two attached hydrogens (primary N) is 1. The lowest BCUT2D eigenvalue weighted by atomic mass is 10.1. The van der Waals surface area contributed by atoms with Gasteiger partial charge in [0.15, 0.2) is 0 Å². The zero-order valence-corrected chi connectivity index (χ0v) is 9.88. The van der Waals surface area contributed by atoms with E-state index in [1.807, 2.05) is 38.2 Å². The molecule has 0 saturated carbocycles. The first-order chi connectivity index (χ1) is 8.15. The molecular formula is C12H15N5. The van der Waals surface area contributed by atoms with Crippen molar-refractivity contribution in [2.45, 2.75) is 19.9 Å². The summed E-state index contributed by atoms with van der Waals surface area (Å²) in [6.07, 6.45) is 3.58. The van der Waals surface area contributed by atoms with Crippen LogP contribution in [0.1, 0.15) is 24.2 Å². The Balaban J connectivity index is 2.16. The molecule has 88 valence electrons. The van der Waals surface area contributed by atoms with Gasteiger partial charge in [-0.05, 0) is 25.5 Å². The number of nitrogens with zero attached hydrogens (tertiary/aromatic N) is 3. The van der Waals surface area contributed by atoms with Crippen LogP contribution in [0.3, 0.4) is 0 Å². The quantitative estimate of drug-likeness (QED) is 0.841. The molecule has 0 spiro atoms. The number of rotatable bonds is 3. The second-order valence-corrected chi connectivity index (χ2v) is 3.91. The zero-order valence-electron chi connectivity index (χ0n) is 9.88. The minimum atomic E-state index is 0.123. The number of hydrogen-bond donors (Lipinski definition) is 2. The van der Waals surface area contributed by atoms with Crippen molar-refractivity contribution in [1.82, 2.24) is 15.0 Å². The lowest BCUT2D eigenvalue weighted by molar-refractivity contribution is 0.863. The second kappa shape index (κ2) is 4.78. The number of nitrogen functional groups attached to an aromatic ring is 1. The predicted molar refractivity (Wildman–Crippen MR) is 67.5 cm³/mol. The fraction of sp³-hybridized carbons (Fsp3) is 0.250. The third-order valence-corrected chi connectivity index (χ3v) is 2.42. The Hall–Kier alpha value is -2.17. The van der Waals surface area contributed by atoms with E-state index in [0.717, 1.165) is 17.1 Å². The highest BCUT2D eigenvalue weighted by Gasteiger charge is 2.06. The molecule has 0 aromatic carbocycles. The van der Waals surface area contributed by atoms with Gasteiger partial charge >= 0.3 is 0 Å². The van der Waals surface area contributed by atoms with Gasteiger partial charge in [0.2, 0.25) is 5.95 Å². The van der Waals surface area contributed by atoms with Crippen LogP contribution < -0.4 is 11.1 Å². The summed E-state index contributed by atoms with van der Waals surface area (Å²) in [7, 11) is 0. The molecule has 0 saturated heterocycles. The maximum atomic E-state index is 5.60. The van der Waals surface area contributed by atoms with Crippen LogP contribution in [0, 0.1) is 6.92 Å². The molecule has 2 aromatic rings. The molecule has 0 aliphatic rings. The van der Waals surface area contributed by atoms with Gasteiger partial charge in [0, 0.05) is 24.2 Å². The zero-order chi connectivity index (χ0) is 12.3. The van der Waals surface area contributed by atoms with Gasteiger partial charge in [-0.25, -0.2) is 4.98 Å². The summed E-state index contributed by atoms with van der Waals surface area (Å²) >= 11 is 0. The third-order valence-electron chi connectivity index (χ3n) is 2.42. The monoisotopic (exact) mass is 229 g/mol. The molecular weight excluding hydrogens is 214 g/mol. The summed E-state index contributed by atoms with van der Waals surface area (Å²) in [5, 5.41) is 3.27. The van der Waals surface area contributed by atoms with Gasteiger partial charge < -0.3 is 11.1 Å². The van der Waals surface area contributed by atoms with Gasteiger partial charge in [-0.2, -0.15) is 4.98 Å². The lowest BCUT2D eigenvalue weighted by Gasteiger charge is -2.14. The molecule has 2 heterocycles. The molecule has 1 atom stereocenters. The number of anilines is 2. The van der Waals surface area contributed by atoms with Crippen molar-refractivity contribution in [3.8, 4) is 0 Å². The number of aromatic nitrogens is 3. The Morgan fingerprint density at radius 3 is 2.82 bits per heavy atom. The average molecular weight is 229 g/mol. The maximum absolute atomic E-state index is 5.60. The van der Waals surface area contributed by atoms with Crippen LogP contribution in [-0.2, 0) is 0 Å². The first kappa shape index (κ1) is 11.3. The molecule has 0 radical (unpaired) electrons. The van der Waals surface area contributed by atoms with E-state index >= 15 is 0 Å². The number of pyridine rings is 1. The first-order valence-corrected chi connectivity index (χ1v) is 5.43. The second-order valence-electron chi connectivity index (χ2n) is 3.91. The Bertz CT molecular complexity index is 477. The largest absolute Gasteiger partial charge is 0.368 e. The van der Waals surface area contributed by atoms with Crippen LogP contribution in [0.4, 0.5) is 11.8 Å². The smallest absolute Gasteiger partial charge is 0.222 e. The van der Waals surface area contributed by atoms with Crippen LogP contribution in [0.5, 0.6) is 0 Å². The summed E-state index contributed by atoms with van der Waals surface area (Å²) in [4.78, 5) is 12.2. The minimum Gasteiger partial charge on any atom is -0.368 e. The molecule has 5 nitrogen and oxygen atoms in total. The molecule has 2 rings (SSSR count). The Kier molecular flexibility index (Phi) is 3.18.